The van der Waals surface area contributed by atoms with Gasteiger partial charge < -0.3 is 10.6 Å². The molecule has 0 fully saturated rings. The molecule has 1 aromatic heterocycles. The van der Waals surface area contributed by atoms with Gasteiger partial charge in [-0.25, -0.2) is 4.39 Å². The summed E-state index contributed by atoms with van der Waals surface area (Å²) in [6.45, 7) is 4.40. The van der Waals surface area contributed by atoms with E-state index < -0.39 is 0 Å². The normalized spacial score (nSPS) is 11.8. The van der Waals surface area contributed by atoms with Crippen LogP contribution in [0.3, 0.4) is 0 Å². The number of pyridine rings is 1. The van der Waals surface area contributed by atoms with Crippen molar-refractivity contribution in [2.45, 2.75) is 19.9 Å². The summed E-state index contributed by atoms with van der Waals surface area (Å²) in [5, 5.41) is 5.99. The van der Waals surface area contributed by atoms with E-state index in [1.807, 2.05) is 26.0 Å². The number of halogens is 1. The molecule has 0 saturated heterocycles. The zero-order valence-electron chi connectivity index (χ0n) is 12.1. The molecule has 4 nitrogen and oxygen atoms in total. The lowest BCUT2D eigenvalue weighted by Crippen LogP contribution is -2.22. The van der Waals surface area contributed by atoms with Crippen molar-refractivity contribution >= 4 is 11.6 Å². The second-order valence-electron chi connectivity index (χ2n) is 4.74. The van der Waals surface area contributed by atoms with Crippen LogP contribution < -0.4 is 10.6 Å². The lowest BCUT2D eigenvalue weighted by molar-refractivity contribution is 0.0956. The van der Waals surface area contributed by atoms with Crippen molar-refractivity contribution in [3.05, 3.63) is 59.7 Å². The SMILES string of the molecule is CCNC(=O)c1ccc(NC(C)c2cncc(F)c2)cc1. The molecular formula is C16H18FN3O. The monoisotopic (exact) mass is 287 g/mol. The summed E-state index contributed by atoms with van der Waals surface area (Å²) in [6, 6.07) is 8.53. The topological polar surface area (TPSA) is 54.0 Å². The second kappa shape index (κ2) is 6.83. The number of aromatic nitrogens is 1. The van der Waals surface area contributed by atoms with Gasteiger partial charge in [-0.3, -0.25) is 9.78 Å². The van der Waals surface area contributed by atoms with Gasteiger partial charge in [-0.2, -0.15) is 0 Å². The Bertz CT molecular complexity index is 613. The quantitative estimate of drug-likeness (QED) is 0.888. The van der Waals surface area contributed by atoms with E-state index in [9.17, 15) is 9.18 Å². The minimum absolute atomic E-state index is 0.0801. The standard InChI is InChI=1S/C16H18FN3O/c1-3-19-16(21)12-4-6-15(7-5-12)20-11(2)13-8-14(17)10-18-9-13/h4-11,20H,3H2,1-2H3,(H,19,21). The van der Waals surface area contributed by atoms with Crippen LogP contribution in [0.2, 0.25) is 0 Å². The number of nitrogens with zero attached hydrogens (tertiary/aromatic N) is 1. The van der Waals surface area contributed by atoms with Gasteiger partial charge in [-0.1, -0.05) is 0 Å². The molecule has 21 heavy (non-hydrogen) atoms. The smallest absolute Gasteiger partial charge is 0.251 e. The van der Waals surface area contributed by atoms with Gasteiger partial charge in [0.05, 0.1) is 12.2 Å². The van der Waals surface area contributed by atoms with E-state index in [1.165, 1.54) is 12.3 Å². The Hall–Kier alpha value is -2.43. The van der Waals surface area contributed by atoms with Crippen LogP contribution in [0.1, 0.15) is 35.8 Å². The van der Waals surface area contributed by atoms with Gasteiger partial charge in [0.1, 0.15) is 5.82 Å². The maximum atomic E-state index is 13.1. The average Bonchev–Trinajstić information content (AvgIpc) is 2.48. The summed E-state index contributed by atoms with van der Waals surface area (Å²) in [6.07, 6.45) is 2.81. The Morgan fingerprint density at radius 2 is 2.00 bits per heavy atom. The molecule has 1 amide bonds. The van der Waals surface area contributed by atoms with Gasteiger partial charge in [0.2, 0.25) is 0 Å². The number of amides is 1. The maximum absolute atomic E-state index is 13.1. The lowest BCUT2D eigenvalue weighted by atomic mass is 10.1. The third-order valence-electron chi connectivity index (χ3n) is 3.09. The first kappa shape index (κ1) is 15.0. The minimum atomic E-state index is -0.354. The average molecular weight is 287 g/mol. The van der Waals surface area contributed by atoms with E-state index in [4.69, 9.17) is 0 Å². The highest BCUT2D eigenvalue weighted by Gasteiger charge is 2.08. The zero-order chi connectivity index (χ0) is 15.2. The summed E-state index contributed by atoms with van der Waals surface area (Å²) in [5.74, 6) is -0.445. The summed E-state index contributed by atoms with van der Waals surface area (Å²) < 4.78 is 13.1. The molecule has 0 bridgehead atoms. The van der Waals surface area contributed by atoms with Crippen molar-refractivity contribution in [1.29, 1.82) is 0 Å². The minimum Gasteiger partial charge on any atom is -0.378 e. The van der Waals surface area contributed by atoms with Crippen LogP contribution in [0.15, 0.2) is 42.7 Å². The molecule has 0 aliphatic rings. The van der Waals surface area contributed by atoms with Gasteiger partial charge in [0, 0.05) is 24.0 Å². The van der Waals surface area contributed by atoms with Gasteiger partial charge >= 0.3 is 0 Å². The molecule has 2 rings (SSSR count). The van der Waals surface area contributed by atoms with Crippen molar-refractivity contribution in [1.82, 2.24) is 10.3 Å². The number of benzene rings is 1. The molecule has 1 heterocycles. The van der Waals surface area contributed by atoms with Crippen molar-refractivity contribution in [3.8, 4) is 0 Å². The molecule has 1 atom stereocenters. The molecule has 0 spiro atoms. The summed E-state index contributed by atoms with van der Waals surface area (Å²) in [5.41, 5.74) is 2.24. The Labute approximate surface area is 123 Å². The molecule has 0 aliphatic carbocycles. The first-order valence-corrected chi connectivity index (χ1v) is 6.85. The summed E-state index contributed by atoms with van der Waals surface area (Å²) in [7, 11) is 0. The van der Waals surface area contributed by atoms with Crippen LogP contribution in [0.25, 0.3) is 0 Å². The Morgan fingerprint density at radius 1 is 1.29 bits per heavy atom. The molecule has 2 N–H and O–H groups in total. The predicted molar refractivity (Wildman–Crippen MR) is 80.7 cm³/mol. The van der Waals surface area contributed by atoms with Gasteiger partial charge in [0.15, 0.2) is 0 Å². The molecule has 2 aromatic rings. The molecule has 0 saturated carbocycles. The van der Waals surface area contributed by atoms with Crippen LogP contribution >= 0.6 is 0 Å². The molecule has 5 heteroatoms. The fourth-order valence-electron chi connectivity index (χ4n) is 1.98. The van der Waals surface area contributed by atoms with Gasteiger partial charge in [-0.15, -0.1) is 0 Å². The maximum Gasteiger partial charge on any atom is 0.251 e. The first-order valence-electron chi connectivity index (χ1n) is 6.85. The number of rotatable bonds is 5. The molecule has 1 unspecified atom stereocenters. The Morgan fingerprint density at radius 3 is 2.62 bits per heavy atom. The Kier molecular flexibility index (Phi) is 4.87. The molecule has 110 valence electrons. The van der Waals surface area contributed by atoms with Crippen LogP contribution in [0.5, 0.6) is 0 Å². The Balaban J connectivity index is 2.04. The van der Waals surface area contributed by atoms with E-state index >= 15 is 0 Å². The second-order valence-corrected chi connectivity index (χ2v) is 4.74. The highest BCUT2D eigenvalue weighted by molar-refractivity contribution is 5.94. The van der Waals surface area contributed by atoms with Gasteiger partial charge in [-0.05, 0) is 49.7 Å². The van der Waals surface area contributed by atoms with E-state index in [1.54, 1.807) is 18.3 Å². The van der Waals surface area contributed by atoms with Crippen LogP contribution in [0.4, 0.5) is 10.1 Å². The van der Waals surface area contributed by atoms with Gasteiger partial charge in [0.25, 0.3) is 5.91 Å². The predicted octanol–water partition coefficient (Wildman–Crippen LogP) is 3.14. The number of nitrogens with one attached hydrogen (secondary N) is 2. The third kappa shape index (κ3) is 4.02. The van der Waals surface area contributed by atoms with Crippen molar-refractivity contribution in [2.75, 3.05) is 11.9 Å². The molecule has 1 aromatic carbocycles. The number of carbonyl (C=O) groups is 1. The van der Waals surface area contributed by atoms with E-state index in [0.29, 0.717) is 12.1 Å². The zero-order valence-corrected chi connectivity index (χ0v) is 12.1. The van der Waals surface area contributed by atoms with Crippen molar-refractivity contribution in [3.63, 3.8) is 0 Å². The van der Waals surface area contributed by atoms with Crippen LogP contribution in [-0.2, 0) is 0 Å². The van der Waals surface area contributed by atoms with E-state index in [-0.39, 0.29) is 17.8 Å². The highest BCUT2D eigenvalue weighted by Crippen LogP contribution is 2.19. The third-order valence-corrected chi connectivity index (χ3v) is 3.09. The number of anilines is 1. The number of hydrogen-bond donors (Lipinski definition) is 2. The largest absolute Gasteiger partial charge is 0.378 e. The highest BCUT2D eigenvalue weighted by atomic mass is 19.1. The summed E-state index contributed by atoms with van der Waals surface area (Å²) in [4.78, 5) is 15.5. The molecule has 0 radical (unpaired) electrons. The first-order chi connectivity index (χ1) is 10.1. The van der Waals surface area contributed by atoms with Crippen molar-refractivity contribution < 1.29 is 9.18 Å². The molecule has 0 aliphatic heterocycles. The lowest BCUT2D eigenvalue weighted by Gasteiger charge is -2.15. The van der Waals surface area contributed by atoms with E-state index in [0.717, 1.165) is 11.3 Å². The number of hydrogen-bond acceptors (Lipinski definition) is 3. The van der Waals surface area contributed by atoms with Crippen molar-refractivity contribution in [2.24, 2.45) is 0 Å². The summed E-state index contributed by atoms with van der Waals surface area (Å²) >= 11 is 0. The van der Waals surface area contributed by atoms with Crippen LogP contribution in [-0.4, -0.2) is 17.4 Å². The number of carbonyl (C=O) groups excluding carboxylic acids is 1. The fraction of sp³-hybridized carbons (Fsp3) is 0.250. The molecular weight excluding hydrogens is 269 g/mol. The van der Waals surface area contributed by atoms with E-state index in [2.05, 4.69) is 15.6 Å². The van der Waals surface area contributed by atoms with Crippen LogP contribution in [0, 0.1) is 5.82 Å². The fourth-order valence-corrected chi connectivity index (χ4v) is 1.98.